The molecule has 0 radical (unpaired) electrons. The molecule has 0 saturated carbocycles. The number of carbonyl (C=O) groups is 1. The Morgan fingerprint density at radius 3 is 2.61 bits per heavy atom. The minimum Gasteiger partial charge on any atom is -0.494 e. The number of ketones is 1. The molecule has 1 aromatic heterocycles. The molecule has 18 heavy (non-hydrogen) atoms. The molecular formula is C12H9Br2NO2S. The van der Waals surface area contributed by atoms with E-state index < -0.39 is 0 Å². The highest BCUT2D eigenvalue weighted by molar-refractivity contribution is 9.12. The maximum atomic E-state index is 12.4. The standard InChI is InChI=1S/C12H9Br2NO2S/c1-17-11-6(3-2-4-8(11)15)10(16)7-5-9(13)18-12(7)14/h2-5H,15H2,1H3. The number of benzene rings is 1. The third-order valence-electron chi connectivity index (χ3n) is 2.40. The van der Waals surface area contributed by atoms with Crippen molar-refractivity contribution in [3.05, 3.63) is 43.0 Å². The summed E-state index contributed by atoms with van der Waals surface area (Å²) < 4.78 is 6.87. The van der Waals surface area contributed by atoms with Crippen molar-refractivity contribution in [2.24, 2.45) is 0 Å². The number of hydrogen-bond donors (Lipinski definition) is 1. The highest BCUT2D eigenvalue weighted by atomic mass is 79.9. The van der Waals surface area contributed by atoms with Crippen molar-refractivity contribution in [2.45, 2.75) is 0 Å². The largest absolute Gasteiger partial charge is 0.494 e. The Kier molecular flexibility index (Phi) is 4.09. The van der Waals surface area contributed by atoms with Crippen LogP contribution in [0.1, 0.15) is 15.9 Å². The summed E-state index contributed by atoms with van der Waals surface area (Å²) >= 11 is 8.18. The van der Waals surface area contributed by atoms with E-state index in [1.807, 2.05) is 0 Å². The number of nitrogens with two attached hydrogens (primary N) is 1. The molecule has 0 bridgehead atoms. The summed E-state index contributed by atoms with van der Waals surface area (Å²) in [7, 11) is 1.50. The van der Waals surface area contributed by atoms with Crippen LogP contribution in [0.2, 0.25) is 0 Å². The first-order valence-corrected chi connectivity index (χ1v) is 7.37. The van der Waals surface area contributed by atoms with Gasteiger partial charge in [-0.05, 0) is 50.1 Å². The number of nitrogen functional groups attached to an aromatic ring is 1. The van der Waals surface area contributed by atoms with Gasteiger partial charge in [-0.3, -0.25) is 4.79 Å². The molecule has 3 nitrogen and oxygen atoms in total. The van der Waals surface area contributed by atoms with Crippen LogP contribution in [0.3, 0.4) is 0 Å². The van der Waals surface area contributed by atoms with E-state index in [4.69, 9.17) is 10.5 Å². The molecule has 2 N–H and O–H groups in total. The molecule has 0 fully saturated rings. The molecule has 2 aromatic rings. The summed E-state index contributed by atoms with van der Waals surface area (Å²) in [5.74, 6) is 0.296. The van der Waals surface area contributed by atoms with Gasteiger partial charge in [-0.2, -0.15) is 0 Å². The molecule has 0 spiro atoms. The predicted octanol–water partition coefficient (Wildman–Crippen LogP) is 4.09. The molecule has 1 aromatic carbocycles. The Labute approximate surface area is 125 Å². The smallest absolute Gasteiger partial charge is 0.198 e. The molecule has 0 amide bonds. The van der Waals surface area contributed by atoms with Crippen molar-refractivity contribution < 1.29 is 9.53 Å². The number of rotatable bonds is 3. The molecule has 0 aliphatic rings. The normalized spacial score (nSPS) is 10.4. The minimum absolute atomic E-state index is 0.118. The molecule has 1 heterocycles. The van der Waals surface area contributed by atoms with Crippen LogP contribution >= 0.6 is 43.2 Å². The van der Waals surface area contributed by atoms with Crippen LogP contribution in [0.4, 0.5) is 5.69 Å². The number of halogens is 2. The van der Waals surface area contributed by atoms with Crippen molar-refractivity contribution in [3.8, 4) is 5.75 Å². The quantitative estimate of drug-likeness (QED) is 0.634. The number of ether oxygens (including phenoxy) is 1. The second-order valence-electron chi connectivity index (χ2n) is 3.50. The average molecular weight is 391 g/mol. The lowest BCUT2D eigenvalue weighted by molar-refractivity contribution is 0.103. The first kappa shape index (κ1) is 13.6. The van der Waals surface area contributed by atoms with Crippen molar-refractivity contribution in [2.75, 3.05) is 12.8 Å². The summed E-state index contributed by atoms with van der Waals surface area (Å²) in [5, 5.41) is 0. The van der Waals surface area contributed by atoms with Crippen LogP contribution in [-0.2, 0) is 0 Å². The third-order valence-corrected chi connectivity index (χ3v) is 4.73. The van der Waals surface area contributed by atoms with Crippen molar-refractivity contribution in [3.63, 3.8) is 0 Å². The van der Waals surface area contributed by atoms with Crippen LogP contribution in [-0.4, -0.2) is 12.9 Å². The Morgan fingerprint density at radius 1 is 1.33 bits per heavy atom. The second kappa shape index (κ2) is 5.42. The lowest BCUT2D eigenvalue weighted by atomic mass is 10.0. The zero-order valence-corrected chi connectivity index (χ0v) is 13.4. The van der Waals surface area contributed by atoms with Crippen LogP contribution < -0.4 is 10.5 Å². The molecule has 0 aliphatic carbocycles. The van der Waals surface area contributed by atoms with Crippen LogP contribution in [0.15, 0.2) is 31.8 Å². The van der Waals surface area contributed by atoms with Gasteiger partial charge in [-0.1, -0.05) is 6.07 Å². The summed E-state index contributed by atoms with van der Waals surface area (Å²) in [6.45, 7) is 0. The van der Waals surface area contributed by atoms with Crippen LogP contribution in [0, 0.1) is 0 Å². The van der Waals surface area contributed by atoms with Gasteiger partial charge in [0.15, 0.2) is 11.5 Å². The third kappa shape index (κ3) is 2.46. The van der Waals surface area contributed by atoms with Gasteiger partial charge in [0.1, 0.15) is 0 Å². The zero-order chi connectivity index (χ0) is 13.3. The van der Waals surface area contributed by atoms with Gasteiger partial charge in [0.05, 0.1) is 25.9 Å². The molecule has 6 heteroatoms. The van der Waals surface area contributed by atoms with Crippen LogP contribution in [0.5, 0.6) is 5.75 Å². The molecular weight excluding hydrogens is 382 g/mol. The van der Waals surface area contributed by atoms with Crippen molar-refractivity contribution in [1.29, 1.82) is 0 Å². The summed E-state index contributed by atoms with van der Waals surface area (Å²) in [6, 6.07) is 6.92. The topological polar surface area (TPSA) is 52.3 Å². The van der Waals surface area contributed by atoms with Crippen LogP contribution in [0.25, 0.3) is 0 Å². The maximum Gasteiger partial charge on any atom is 0.198 e. The maximum absolute atomic E-state index is 12.4. The van der Waals surface area contributed by atoms with E-state index >= 15 is 0 Å². The van der Waals surface area contributed by atoms with E-state index in [0.717, 1.165) is 7.57 Å². The van der Waals surface area contributed by atoms with E-state index in [0.29, 0.717) is 22.6 Å². The number of carbonyl (C=O) groups excluding carboxylic acids is 1. The van der Waals surface area contributed by atoms with Crippen molar-refractivity contribution in [1.82, 2.24) is 0 Å². The second-order valence-corrected chi connectivity index (χ2v) is 7.24. The lowest BCUT2D eigenvalue weighted by Gasteiger charge is -2.09. The Bertz CT molecular complexity index is 610. The van der Waals surface area contributed by atoms with Gasteiger partial charge in [-0.15, -0.1) is 11.3 Å². The van der Waals surface area contributed by atoms with Gasteiger partial charge in [0.25, 0.3) is 0 Å². The van der Waals surface area contributed by atoms with Gasteiger partial charge in [0.2, 0.25) is 0 Å². The first-order valence-electron chi connectivity index (χ1n) is 4.96. The summed E-state index contributed by atoms with van der Waals surface area (Å²) in [5.41, 5.74) is 7.30. The number of para-hydroxylation sites is 1. The summed E-state index contributed by atoms with van der Waals surface area (Å²) in [4.78, 5) is 12.4. The SMILES string of the molecule is COc1c(N)cccc1C(=O)c1cc(Br)sc1Br. The highest BCUT2D eigenvalue weighted by Gasteiger charge is 2.20. The Morgan fingerprint density at radius 2 is 2.06 bits per heavy atom. The fourth-order valence-electron chi connectivity index (χ4n) is 1.60. The number of hydrogen-bond acceptors (Lipinski definition) is 4. The minimum atomic E-state index is -0.118. The monoisotopic (exact) mass is 389 g/mol. The van der Waals surface area contributed by atoms with Gasteiger partial charge in [-0.25, -0.2) is 0 Å². The van der Waals surface area contributed by atoms with Crippen molar-refractivity contribution >= 4 is 54.7 Å². The molecule has 0 unspecified atom stereocenters. The van der Waals surface area contributed by atoms with E-state index in [2.05, 4.69) is 31.9 Å². The Hall–Kier alpha value is -0.850. The predicted molar refractivity (Wildman–Crippen MR) is 80.6 cm³/mol. The fraction of sp³-hybridized carbons (Fsp3) is 0.0833. The first-order chi connectivity index (χ1) is 8.54. The van der Waals surface area contributed by atoms with Gasteiger partial charge >= 0.3 is 0 Å². The van der Waals surface area contributed by atoms with Gasteiger partial charge in [0, 0.05) is 5.56 Å². The number of thiophene rings is 1. The number of anilines is 1. The zero-order valence-electron chi connectivity index (χ0n) is 9.37. The lowest BCUT2D eigenvalue weighted by Crippen LogP contribution is -2.05. The molecule has 94 valence electrons. The fourth-order valence-corrected chi connectivity index (χ4v) is 4.40. The Balaban J connectivity index is 2.53. The van der Waals surface area contributed by atoms with Gasteiger partial charge < -0.3 is 10.5 Å². The van der Waals surface area contributed by atoms with E-state index in [9.17, 15) is 4.79 Å². The number of methoxy groups -OCH3 is 1. The van der Waals surface area contributed by atoms with E-state index in [1.54, 1.807) is 24.3 Å². The van der Waals surface area contributed by atoms with E-state index in [-0.39, 0.29) is 5.78 Å². The molecule has 0 aliphatic heterocycles. The molecule has 0 atom stereocenters. The van der Waals surface area contributed by atoms with E-state index in [1.165, 1.54) is 18.4 Å². The average Bonchev–Trinajstić information content (AvgIpc) is 2.67. The molecule has 2 rings (SSSR count). The summed E-state index contributed by atoms with van der Waals surface area (Å²) in [6.07, 6.45) is 0. The molecule has 0 saturated heterocycles. The highest BCUT2D eigenvalue weighted by Crippen LogP contribution is 2.35.